The first-order chi connectivity index (χ1) is 11.2. The van der Waals surface area contributed by atoms with Gasteiger partial charge in [-0.25, -0.2) is 0 Å². The summed E-state index contributed by atoms with van der Waals surface area (Å²) < 4.78 is 12.2. The van der Waals surface area contributed by atoms with Crippen LogP contribution in [0, 0.1) is 0 Å². The van der Waals surface area contributed by atoms with Crippen LogP contribution in [0.25, 0.3) is 0 Å². The van der Waals surface area contributed by atoms with E-state index in [2.05, 4.69) is 21.2 Å². The van der Waals surface area contributed by atoms with Crippen molar-refractivity contribution in [2.24, 2.45) is 0 Å². The van der Waals surface area contributed by atoms with Crippen LogP contribution in [-0.2, 0) is 4.74 Å². The topological polar surface area (TPSA) is 47.6 Å². The van der Waals surface area contributed by atoms with Gasteiger partial charge in [0, 0.05) is 28.4 Å². The highest BCUT2D eigenvalue weighted by atomic mass is 79.9. The van der Waals surface area contributed by atoms with Crippen molar-refractivity contribution in [3.63, 3.8) is 0 Å². The number of rotatable bonds is 5. The van der Waals surface area contributed by atoms with E-state index < -0.39 is 0 Å². The second-order valence-corrected chi connectivity index (χ2v) is 6.35. The minimum Gasteiger partial charge on any atom is -0.491 e. The van der Waals surface area contributed by atoms with Crippen LogP contribution >= 0.6 is 15.9 Å². The zero-order chi connectivity index (χ0) is 16.1. The highest BCUT2D eigenvalue weighted by Crippen LogP contribution is 2.20. The van der Waals surface area contributed by atoms with E-state index in [0.29, 0.717) is 17.9 Å². The number of halogens is 1. The Morgan fingerprint density at radius 3 is 2.83 bits per heavy atom. The van der Waals surface area contributed by atoms with Gasteiger partial charge in [0.1, 0.15) is 12.4 Å². The molecule has 1 atom stereocenters. The van der Waals surface area contributed by atoms with E-state index in [-0.39, 0.29) is 12.0 Å². The largest absolute Gasteiger partial charge is 0.491 e. The van der Waals surface area contributed by atoms with E-state index >= 15 is 0 Å². The van der Waals surface area contributed by atoms with Gasteiger partial charge in [-0.05, 0) is 49.2 Å². The van der Waals surface area contributed by atoms with Gasteiger partial charge >= 0.3 is 0 Å². The lowest BCUT2D eigenvalue weighted by atomic mass is 10.2. The first kappa shape index (κ1) is 16.0. The van der Waals surface area contributed by atoms with Crippen LogP contribution in [-0.4, -0.2) is 25.2 Å². The fraction of sp³-hybridized carbons (Fsp3) is 0.278. The standard InChI is InChI=1S/C18H18BrNO3/c19-14-8-6-13(7-9-14)18(21)20-15-3-1-4-16(11-15)23-12-17-5-2-10-22-17/h1,3-4,6-9,11,17H,2,5,10,12H2,(H,20,21). The van der Waals surface area contributed by atoms with Gasteiger partial charge in [-0.15, -0.1) is 0 Å². The van der Waals surface area contributed by atoms with Gasteiger partial charge in [0.05, 0.1) is 6.10 Å². The number of benzene rings is 2. The number of anilines is 1. The molecule has 5 heteroatoms. The fourth-order valence-electron chi connectivity index (χ4n) is 2.43. The van der Waals surface area contributed by atoms with Crippen molar-refractivity contribution in [3.05, 3.63) is 58.6 Å². The number of hydrogen-bond donors (Lipinski definition) is 1. The zero-order valence-corrected chi connectivity index (χ0v) is 14.2. The Morgan fingerprint density at radius 1 is 1.26 bits per heavy atom. The second kappa shape index (κ2) is 7.62. The summed E-state index contributed by atoms with van der Waals surface area (Å²) >= 11 is 3.36. The van der Waals surface area contributed by atoms with Gasteiger partial charge in [0.25, 0.3) is 5.91 Å². The van der Waals surface area contributed by atoms with Crippen LogP contribution in [0.15, 0.2) is 53.0 Å². The summed E-state index contributed by atoms with van der Waals surface area (Å²) in [7, 11) is 0. The monoisotopic (exact) mass is 375 g/mol. The Morgan fingerprint density at radius 2 is 2.09 bits per heavy atom. The number of carbonyl (C=O) groups excluding carboxylic acids is 1. The Hall–Kier alpha value is -1.85. The van der Waals surface area contributed by atoms with Crippen molar-refractivity contribution in [3.8, 4) is 5.75 Å². The van der Waals surface area contributed by atoms with Crippen LogP contribution in [0.1, 0.15) is 23.2 Å². The number of amides is 1. The first-order valence-corrected chi connectivity index (χ1v) is 8.41. The van der Waals surface area contributed by atoms with E-state index in [4.69, 9.17) is 9.47 Å². The molecule has 120 valence electrons. The average Bonchev–Trinajstić information content (AvgIpc) is 3.07. The maximum atomic E-state index is 12.2. The van der Waals surface area contributed by atoms with Crippen molar-refractivity contribution in [2.45, 2.75) is 18.9 Å². The molecular weight excluding hydrogens is 358 g/mol. The molecule has 4 nitrogen and oxygen atoms in total. The van der Waals surface area contributed by atoms with Gasteiger partial charge in [-0.2, -0.15) is 0 Å². The van der Waals surface area contributed by atoms with Crippen molar-refractivity contribution in [1.29, 1.82) is 0 Å². The molecule has 1 saturated heterocycles. The van der Waals surface area contributed by atoms with E-state index in [9.17, 15) is 4.79 Å². The van der Waals surface area contributed by atoms with Crippen LogP contribution in [0.2, 0.25) is 0 Å². The number of carbonyl (C=O) groups is 1. The van der Waals surface area contributed by atoms with Gasteiger partial charge in [0.2, 0.25) is 0 Å². The second-order valence-electron chi connectivity index (χ2n) is 5.43. The number of hydrogen-bond acceptors (Lipinski definition) is 3. The van der Waals surface area contributed by atoms with Gasteiger partial charge in [-0.3, -0.25) is 4.79 Å². The molecule has 1 amide bonds. The fourth-order valence-corrected chi connectivity index (χ4v) is 2.70. The molecule has 1 unspecified atom stereocenters. The Balaban J connectivity index is 1.60. The van der Waals surface area contributed by atoms with Crippen LogP contribution in [0.4, 0.5) is 5.69 Å². The zero-order valence-electron chi connectivity index (χ0n) is 12.6. The summed E-state index contributed by atoms with van der Waals surface area (Å²) in [6.07, 6.45) is 2.31. The van der Waals surface area contributed by atoms with Gasteiger partial charge in [0.15, 0.2) is 0 Å². The molecule has 2 aromatic rings. The third kappa shape index (κ3) is 4.56. The highest BCUT2D eigenvalue weighted by molar-refractivity contribution is 9.10. The van der Waals surface area contributed by atoms with E-state index in [1.54, 1.807) is 12.1 Å². The van der Waals surface area contributed by atoms with Crippen LogP contribution in [0.3, 0.4) is 0 Å². The molecule has 1 aliphatic heterocycles. The normalized spacial score (nSPS) is 17.0. The lowest BCUT2D eigenvalue weighted by Crippen LogP contribution is -2.16. The van der Waals surface area contributed by atoms with Crippen molar-refractivity contribution in [1.82, 2.24) is 0 Å². The molecule has 0 bridgehead atoms. The minimum atomic E-state index is -0.145. The van der Waals surface area contributed by atoms with E-state index in [1.165, 1.54) is 0 Å². The summed E-state index contributed by atoms with van der Waals surface area (Å²) in [4.78, 5) is 12.2. The average molecular weight is 376 g/mol. The molecular formula is C18H18BrNO3. The lowest BCUT2D eigenvalue weighted by Gasteiger charge is -2.12. The molecule has 2 aromatic carbocycles. The van der Waals surface area contributed by atoms with Crippen LogP contribution in [0.5, 0.6) is 5.75 Å². The Bertz CT molecular complexity index is 666. The molecule has 0 aromatic heterocycles. The third-order valence-corrected chi connectivity index (χ3v) is 4.19. The molecule has 1 heterocycles. The smallest absolute Gasteiger partial charge is 0.255 e. The molecule has 0 spiro atoms. The van der Waals surface area contributed by atoms with Crippen molar-refractivity contribution in [2.75, 3.05) is 18.5 Å². The van der Waals surface area contributed by atoms with Gasteiger partial charge < -0.3 is 14.8 Å². The summed E-state index contributed by atoms with van der Waals surface area (Å²) in [5.74, 6) is 0.586. The molecule has 0 aliphatic carbocycles. The lowest BCUT2D eigenvalue weighted by molar-refractivity contribution is 0.0680. The quantitative estimate of drug-likeness (QED) is 0.848. The predicted molar refractivity (Wildman–Crippen MR) is 93.0 cm³/mol. The minimum absolute atomic E-state index is 0.145. The molecule has 3 rings (SSSR count). The van der Waals surface area contributed by atoms with E-state index in [0.717, 1.165) is 29.7 Å². The number of nitrogens with one attached hydrogen (secondary N) is 1. The molecule has 23 heavy (non-hydrogen) atoms. The summed E-state index contributed by atoms with van der Waals surface area (Å²) in [5.41, 5.74) is 1.32. The van der Waals surface area contributed by atoms with Gasteiger partial charge in [-0.1, -0.05) is 22.0 Å². The summed E-state index contributed by atoms with van der Waals surface area (Å²) in [6, 6.07) is 14.6. The summed E-state index contributed by atoms with van der Waals surface area (Å²) in [6.45, 7) is 1.36. The van der Waals surface area contributed by atoms with Crippen molar-refractivity contribution >= 4 is 27.5 Å². The SMILES string of the molecule is O=C(Nc1cccc(OCC2CCCO2)c1)c1ccc(Br)cc1. The molecule has 1 fully saturated rings. The molecule has 0 radical (unpaired) electrons. The van der Waals surface area contributed by atoms with Crippen LogP contribution < -0.4 is 10.1 Å². The molecule has 1 aliphatic rings. The first-order valence-electron chi connectivity index (χ1n) is 7.62. The highest BCUT2D eigenvalue weighted by Gasteiger charge is 2.16. The predicted octanol–water partition coefficient (Wildman–Crippen LogP) is 4.26. The number of ether oxygens (including phenoxy) is 2. The Kier molecular flexibility index (Phi) is 5.31. The maximum absolute atomic E-state index is 12.2. The Labute approximate surface area is 143 Å². The van der Waals surface area contributed by atoms with E-state index in [1.807, 2.05) is 36.4 Å². The summed E-state index contributed by atoms with van der Waals surface area (Å²) in [5, 5.41) is 2.88. The van der Waals surface area contributed by atoms with Crippen molar-refractivity contribution < 1.29 is 14.3 Å². The molecule has 1 N–H and O–H groups in total. The maximum Gasteiger partial charge on any atom is 0.255 e. The molecule has 0 saturated carbocycles. The third-order valence-electron chi connectivity index (χ3n) is 3.66.